The first-order valence-electron chi connectivity index (χ1n) is 6.71. The van der Waals surface area contributed by atoms with E-state index in [-0.39, 0.29) is 11.9 Å². The summed E-state index contributed by atoms with van der Waals surface area (Å²) in [7, 11) is 1.58. The van der Waals surface area contributed by atoms with Crippen molar-refractivity contribution in [2.45, 2.75) is 19.3 Å². The van der Waals surface area contributed by atoms with Crippen molar-refractivity contribution < 1.29 is 9.53 Å². The maximum absolute atomic E-state index is 11.9. The van der Waals surface area contributed by atoms with Gasteiger partial charge in [-0.05, 0) is 38.1 Å². The van der Waals surface area contributed by atoms with E-state index in [0.717, 1.165) is 0 Å². The monoisotopic (exact) mass is 296 g/mol. The van der Waals surface area contributed by atoms with Crippen LogP contribution in [0.1, 0.15) is 25.1 Å². The zero-order valence-corrected chi connectivity index (χ0v) is 12.6. The van der Waals surface area contributed by atoms with Crippen LogP contribution in [0.2, 0.25) is 0 Å². The summed E-state index contributed by atoms with van der Waals surface area (Å²) in [4.78, 5) is 20.3. The van der Waals surface area contributed by atoms with Gasteiger partial charge in [-0.2, -0.15) is 10.2 Å². The third kappa shape index (κ3) is 3.20. The molecule has 112 valence electrons. The molecular formula is C16H16N4O2. The van der Waals surface area contributed by atoms with E-state index in [0.29, 0.717) is 17.0 Å². The van der Waals surface area contributed by atoms with Crippen LogP contribution in [0.25, 0.3) is 0 Å². The maximum Gasteiger partial charge on any atom is 0.322 e. The van der Waals surface area contributed by atoms with Gasteiger partial charge in [-0.15, -0.1) is 0 Å². The van der Waals surface area contributed by atoms with Crippen LogP contribution in [0.4, 0.5) is 0 Å². The summed E-state index contributed by atoms with van der Waals surface area (Å²) in [6.45, 7) is 3.54. The number of carbonyl (C=O) groups is 1. The van der Waals surface area contributed by atoms with Gasteiger partial charge in [-0.3, -0.25) is 4.79 Å². The number of nitrogens with one attached hydrogen (secondary N) is 1. The minimum Gasteiger partial charge on any atom is -0.424 e. The number of likely N-dealkylation sites (N-methyl/N-ethyl adjacent to an activating group) is 1. The van der Waals surface area contributed by atoms with E-state index in [9.17, 15) is 4.79 Å². The molecule has 22 heavy (non-hydrogen) atoms. The Kier molecular flexibility index (Phi) is 4.37. The zero-order valence-electron chi connectivity index (χ0n) is 12.6. The van der Waals surface area contributed by atoms with E-state index in [2.05, 4.69) is 15.3 Å². The average Bonchev–Trinajstić information content (AvgIpc) is 2.54. The summed E-state index contributed by atoms with van der Waals surface area (Å²) in [5, 5.41) is 11.5. The quantitative estimate of drug-likeness (QED) is 0.934. The molecule has 0 unspecified atom stereocenters. The van der Waals surface area contributed by atoms with Gasteiger partial charge >= 0.3 is 6.01 Å². The van der Waals surface area contributed by atoms with Crippen molar-refractivity contribution in [1.82, 2.24) is 15.3 Å². The second kappa shape index (κ2) is 6.22. The van der Waals surface area contributed by atoms with E-state index in [1.54, 1.807) is 51.2 Å². The van der Waals surface area contributed by atoms with E-state index in [1.807, 2.05) is 6.07 Å². The molecule has 2 aromatic rings. The van der Waals surface area contributed by atoms with Crippen LogP contribution in [-0.4, -0.2) is 22.9 Å². The van der Waals surface area contributed by atoms with Crippen molar-refractivity contribution in [2.75, 3.05) is 7.05 Å². The molecule has 0 radical (unpaired) electrons. The molecule has 0 atom stereocenters. The van der Waals surface area contributed by atoms with Gasteiger partial charge in [0.1, 0.15) is 5.75 Å². The number of aromatic nitrogens is 2. The van der Waals surface area contributed by atoms with Crippen LogP contribution in [-0.2, 0) is 10.2 Å². The predicted octanol–water partition coefficient (Wildman–Crippen LogP) is 2.16. The molecule has 0 aliphatic rings. The van der Waals surface area contributed by atoms with Crippen LogP contribution < -0.4 is 10.1 Å². The van der Waals surface area contributed by atoms with Gasteiger partial charge in [0, 0.05) is 13.2 Å². The Labute approximate surface area is 128 Å². The van der Waals surface area contributed by atoms with Crippen LogP contribution in [0, 0.1) is 11.3 Å². The van der Waals surface area contributed by atoms with Crippen molar-refractivity contribution in [1.29, 1.82) is 5.26 Å². The second-order valence-corrected chi connectivity index (χ2v) is 5.17. The molecule has 1 heterocycles. The Morgan fingerprint density at radius 1 is 1.36 bits per heavy atom. The van der Waals surface area contributed by atoms with Crippen LogP contribution in [0.15, 0.2) is 36.5 Å². The standard InChI is InChI=1S/C16H16N4O2/c1-16(2,14(21)18-3)13-7-8-19-15(20-13)22-12-6-4-5-11(9-12)10-17/h4-9H,1-3H3,(H,18,21). The average molecular weight is 296 g/mol. The lowest BCUT2D eigenvalue weighted by Crippen LogP contribution is -2.38. The molecule has 0 aliphatic carbocycles. The fraction of sp³-hybridized carbons (Fsp3) is 0.250. The van der Waals surface area contributed by atoms with E-state index in [4.69, 9.17) is 10.00 Å². The third-order valence-corrected chi connectivity index (χ3v) is 3.24. The lowest BCUT2D eigenvalue weighted by molar-refractivity contribution is -0.125. The van der Waals surface area contributed by atoms with E-state index < -0.39 is 5.41 Å². The number of nitrogens with zero attached hydrogens (tertiary/aromatic N) is 3. The lowest BCUT2D eigenvalue weighted by Gasteiger charge is -2.21. The highest BCUT2D eigenvalue weighted by Crippen LogP contribution is 2.24. The second-order valence-electron chi connectivity index (χ2n) is 5.17. The largest absolute Gasteiger partial charge is 0.424 e. The van der Waals surface area contributed by atoms with Gasteiger partial charge in [0.2, 0.25) is 5.91 Å². The number of benzene rings is 1. The molecule has 1 amide bonds. The van der Waals surface area contributed by atoms with Gasteiger partial charge in [-0.25, -0.2) is 4.98 Å². The maximum atomic E-state index is 11.9. The third-order valence-electron chi connectivity index (χ3n) is 3.24. The first-order valence-corrected chi connectivity index (χ1v) is 6.71. The van der Waals surface area contributed by atoms with Crippen LogP contribution in [0.3, 0.4) is 0 Å². The summed E-state index contributed by atoms with van der Waals surface area (Å²) in [5.74, 6) is 0.317. The number of nitriles is 1. The number of rotatable bonds is 4. The Balaban J connectivity index is 2.29. The highest BCUT2D eigenvalue weighted by molar-refractivity contribution is 5.86. The summed E-state index contributed by atoms with van der Waals surface area (Å²) < 4.78 is 5.57. The van der Waals surface area contributed by atoms with E-state index in [1.165, 1.54) is 6.20 Å². The molecule has 6 nitrogen and oxygen atoms in total. The Bertz CT molecular complexity index is 735. The Morgan fingerprint density at radius 3 is 2.82 bits per heavy atom. The topological polar surface area (TPSA) is 87.9 Å². The smallest absolute Gasteiger partial charge is 0.322 e. The molecule has 1 N–H and O–H groups in total. The molecule has 1 aromatic heterocycles. The van der Waals surface area contributed by atoms with Crippen LogP contribution >= 0.6 is 0 Å². The number of amides is 1. The van der Waals surface area contributed by atoms with Crippen molar-refractivity contribution in [3.8, 4) is 17.8 Å². The van der Waals surface area contributed by atoms with Gasteiger partial charge in [0.25, 0.3) is 0 Å². The van der Waals surface area contributed by atoms with Gasteiger partial charge in [0.05, 0.1) is 22.7 Å². The molecule has 0 saturated heterocycles. The van der Waals surface area contributed by atoms with Gasteiger partial charge in [-0.1, -0.05) is 6.07 Å². The van der Waals surface area contributed by atoms with Crippen molar-refractivity contribution in [2.24, 2.45) is 0 Å². The Hall–Kier alpha value is -2.94. The van der Waals surface area contributed by atoms with Crippen molar-refractivity contribution in [3.63, 3.8) is 0 Å². The molecule has 0 aliphatic heterocycles. The number of carbonyl (C=O) groups excluding carboxylic acids is 1. The van der Waals surface area contributed by atoms with Gasteiger partial charge < -0.3 is 10.1 Å². The number of ether oxygens (including phenoxy) is 1. The molecule has 0 fully saturated rings. The molecule has 0 bridgehead atoms. The number of hydrogen-bond acceptors (Lipinski definition) is 5. The fourth-order valence-electron chi connectivity index (χ4n) is 1.90. The van der Waals surface area contributed by atoms with Crippen molar-refractivity contribution >= 4 is 5.91 Å². The molecule has 2 rings (SSSR count). The summed E-state index contributed by atoms with van der Waals surface area (Å²) in [6.07, 6.45) is 1.54. The molecule has 0 saturated carbocycles. The minimum atomic E-state index is -0.801. The molecule has 0 spiro atoms. The SMILES string of the molecule is CNC(=O)C(C)(C)c1ccnc(Oc2cccc(C#N)c2)n1. The Morgan fingerprint density at radius 2 is 2.14 bits per heavy atom. The first-order chi connectivity index (χ1) is 10.5. The predicted molar refractivity (Wildman–Crippen MR) is 80.4 cm³/mol. The molecule has 6 heteroatoms. The summed E-state index contributed by atoms with van der Waals surface area (Å²) in [5.41, 5.74) is 0.234. The lowest BCUT2D eigenvalue weighted by atomic mass is 9.88. The summed E-state index contributed by atoms with van der Waals surface area (Å²) in [6, 6.07) is 10.5. The summed E-state index contributed by atoms with van der Waals surface area (Å²) >= 11 is 0. The normalized spacial score (nSPS) is 10.6. The highest BCUT2D eigenvalue weighted by Gasteiger charge is 2.31. The highest BCUT2D eigenvalue weighted by atomic mass is 16.5. The fourth-order valence-corrected chi connectivity index (χ4v) is 1.90. The van der Waals surface area contributed by atoms with Crippen molar-refractivity contribution in [3.05, 3.63) is 47.8 Å². The minimum absolute atomic E-state index is 0.129. The number of hydrogen-bond donors (Lipinski definition) is 1. The first kappa shape index (κ1) is 15.4. The zero-order chi connectivity index (χ0) is 16.2. The van der Waals surface area contributed by atoms with Crippen LogP contribution in [0.5, 0.6) is 11.8 Å². The van der Waals surface area contributed by atoms with Gasteiger partial charge in [0.15, 0.2) is 0 Å². The molecular weight excluding hydrogens is 280 g/mol. The van der Waals surface area contributed by atoms with E-state index >= 15 is 0 Å². The molecule has 1 aromatic carbocycles.